The molecule has 7 heteroatoms. The first-order chi connectivity index (χ1) is 9.09. The molecule has 1 aliphatic rings. The molecule has 0 aliphatic carbocycles. The van der Waals surface area contributed by atoms with E-state index in [1.54, 1.807) is 18.7 Å². The molecule has 1 fully saturated rings. The van der Waals surface area contributed by atoms with Gasteiger partial charge in [-0.3, -0.25) is 9.59 Å². The minimum atomic E-state index is -0.320. The van der Waals surface area contributed by atoms with Crippen molar-refractivity contribution in [3.8, 4) is 0 Å². The van der Waals surface area contributed by atoms with E-state index in [4.69, 9.17) is 4.52 Å². The number of hydrogen-bond donors (Lipinski definition) is 2. The predicted molar refractivity (Wildman–Crippen MR) is 67.8 cm³/mol. The molecule has 0 spiro atoms. The van der Waals surface area contributed by atoms with Gasteiger partial charge in [-0.25, -0.2) is 0 Å². The lowest BCUT2D eigenvalue weighted by molar-refractivity contribution is -0.130. The van der Waals surface area contributed by atoms with Crippen LogP contribution in [0.15, 0.2) is 4.52 Å². The highest BCUT2D eigenvalue weighted by Gasteiger charge is 2.20. The summed E-state index contributed by atoms with van der Waals surface area (Å²) in [7, 11) is 0. The summed E-state index contributed by atoms with van der Waals surface area (Å²) >= 11 is 0. The second kappa shape index (κ2) is 5.83. The molecule has 0 bridgehead atoms. The maximum Gasteiger partial charge on any atom is 0.257 e. The fraction of sp³-hybridized carbons (Fsp3) is 0.583. The largest absolute Gasteiger partial charge is 0.361 e. The molecule has 0 radical (unpaired) electrons. The normalized spacial score (nSPS) is 15.4. The van der Waals surface area contributed by atoms with Gasteiger partial charge in [0.15, 0.2) is 0 Å². The van der Waals surface area contributed by atoms with Gasteiger partial charge in [0.1, 0.15) is 11.3 Å². The zero-order valence-electron chi connectivity index (χ0n) is 11.2. The van der Waals surface area contributed by atoms with Crippen LogP contribution >= 0.6 is 0 Å². The first kappa shape index (κ1) is 13.5. The number of nitrogens with zero attached hydrogens (tertiary/aromatic N) is 2. The van der Waals surface area contributed by atoms with Gasteiger partial charge >= 0.3 is 0 Å². The van der Waals surface area contributed by atoms with Crippen LogP contribution in [0, 0.1) is 13.8 Å². The number of nitrogens with one attached hydrogen (secondary N) is 2. The van der Waals surface area contributed by atoms with Crippen molar-refractivity contribution in [1.82, 2.24) is 20.7 Å². The first-order valence-electron chi connectivity index (χ1n) is 6.29. The lowest BCUT2D eigenvalue weighted by Crippen LogP contribution is -2.49. The number of piperazine rings is 1. The molecule has 2 N–H and O–H groups in total. The van der Waals surface area contributed by atoms with Crippen LogP contribution in [0.5, 0.6) is 0 Å². The SMILES string of the molecule is Cc1noc(C)c1C(=O)NCC(=O)N1CCNCC1. The molecule has 104 valence electrons. The maximum atomic E-state index is 11.9. The lowest BCUT2D eigenvalue weighted by atomic mass is 10.2. The molecule has 1 aliphatic heterocycles. The fourth-order valence-corrected chi connectivity index (χ4v) is 2.08. The van der Waals surface area contributed by atoms with Gasteiger partial charge in [-0.05, 0) is 13.8 Å². The zero-order valence-corrected chi connectivity index (χ0v) is 11.2. The summed E-state index contributed by atoms with van der Waals surface area (Å²) in [4.78, 5) is 25.6. The molecule has 7 nitrogen and oxygen atoms in total. The Balaban J connectivity index is 1.88. The molecule has 19 heavy (non-hydrogen) atoms. The van der Waals surface area contributed by atoms with E-state index in [9.17, 15) is 9.59 Å². The Morgan fingerprint density at radius 2 is 2.05 bits per heavy atom. The van der Waals surface area contributed by atoms with Crippen molar-refractivity contribution in [2.45, 2.75) is 13.8 Å². The highest BCUT2D eigenvalue weighted by atomic mass is 16.5. The fourth-order valence-electron chi connectivity index (χ4n) is 2.08. The Bertz CT molecular complexity index is 458. The molecular weight excluding hydrogens is 248 g/mol. The first-order valence-corrected chi connectivity index (χ1v) is 6.29. The number of carbonyl (C=O) groups excluding carboxylic acids is 2. The van der Waals surface area contributed by atoms with Crippen molar-refractivity contribution in [2.75, 3.05) is 32.7 Å². The summed E-state index contributed by atoms with van der Waals surface area (Å²) in [5, 5.41) is 9.50. The van der Waals surface area contributed by atoms with E-state index in [-0.39, 0.29) is 18.4 Å². The molecule has 2 amide bonds. The summed E-state index contributed by atoms with van der Waals surface area (Å²) in [5.74, 6) is 0.0750. The Kier molecular flexibility index (Phi) is 4.16. The molecule has 1 saturated heterocycles. The quantitative estimate of drug-likeness (QED) is 0.766. The molecular formula is C12H18N4O3. The van der Waals surface area contributed by atoms with Crippen molar-refractivity contribution in [3.63, 3.8) is 0 Å². The van der Waals surface area contributed by atoms with Crippen LogP contribution in [0.25, 0.3) is 0 Å². The van der Waals surface area contributed by atoms with E-state index in [0.717, 1.165) is 13.1 Å². The smallest absolute Gasteiger partial charge is 0.257 e. The molecule has 1 aromatic heterocycles. The van der Waals surface area contributed by atoms with Gasteiger partial charge in [0, 0.05) is 26.2 Å². The molecule has 0 atom stereocenters. The summed E-state index contributed by atoms with van der Waals surface area (Å²) in [6.07, 6.45) is 0. The second-order valence-corrected chi connectivity index (χ2v) is 4.51. The zero-order chi connectivity index (χ0) is 13.8. The predicted octanol–water partition coefficient (Wildman–Crippen LogP) is -0.547. The van der Waals surface area contributed by atoms with Crippen LogP contribution in [0.4, 0.5) is 0 Å². The van der Waals surface area contributed by atoms with E-state index < -0.39 is 0 Å². The van der Waals surface area contributed by atoms with Crippen molar-refractivity contribution < 1.29 is 14.1 Å². The minimum Gasteiger partial charge on any atom is -0.361 e. The van der Waals surface area contributed by atoms with E-state index in [0.29, 0.717) is 30.1 Å². The van der Waals surface area contributed by atoms with Gasteiger partial charge in [-0.15, -0.1) is 0 Å². The topological polar surface area (TPSA) is 87.5 Å². The summed E-state index contributed by atoms with van der Waals surface area (Å²) in [5.41, 5.74) is 0.942. The standard InChI is InChI=1S/C12H18N4O3/c1-8-11(9(2)19-15-8)12(18)14-7-10(17)16-5-3-13-4-6-16/h13H,3-7H2,1-2H3,(H,14,18). The number of aromatic nitrogens is 1. The summed E-state index contributed by atoms with van der Waals surface area (Å²) in [6.45, 7) is 6.33. The Hall–Kier alpha value is -1.89. The Morgan fingerprint density at radius 1 is 1.37 bits per heavy atom. The maximum absolute atomic E-state index is 11.9. The Labute approximate surface area is 111 Å². The van der Waals surface area contributed by atoms with Gasteiger partial charge in [-0.1, -0.05) is 5.16 Å². The van der Waals surface area contributed by atoms with Crippen LogP contribution in [-0.2, 0) is 4.79 Å². The van der Waals surface area contributed by atoms with E-state index >= 15 is 0 Å². The number of aryl methyl sites for hydroxylation is 2. The Morgan fingerprint density at radius 3 is 2.63 bits per heavy atom. The monoisotopic (exact) mass is 266 g/mol. The van der Waals surface area contributed by atoms with Crippen LogP contribution < -0.4 is 10.6 Å². The molecule has 2 rings (SSSR count). The second-order valence-electron chi connectivity index (χ2n) is 4.51. The van der Waals surface area contributed by atoms with E-state index in [1.165, 1.54) is 0 Å². The average molecular weight is 266 g/mol. The summed E-state index contributed by atoms with van der Waals surface area (Å²) < 4.78 is 4.93. The van der Waals surface area contributed by atoms with E-state index in [2.05, 4.69) is 15.8 Å². The third-order valence-electron chi connectivity index (χ3n) is 3.13. The van der Waals surface area contributed by atoms with Crippen LogP contribution in [0.2, 0.25) is 0 Å². The summed E-state index contributed by atoms with van der Waals surface area (Å²) in [6, 6.07) is 0. The van der Waals surface area contributed by atoms with Gasteiger partial charge in [0.2, 0.25) is 5.91 Å². The molecule has 1 aromatic rings. The van der Waals surface area contributed by atoms with Crippen molar-refractivity contribution in [2.24, 2.45) is 0 Å². The lowest BCUT2D eigenvalue weighted by Gasteiger charge is -2.27. The third kappa shape index (κ3) is 3.11. The number of rotatable bonds is 3. The van der Waals surface area contributed by atoms with Crippen LogP contribution in [0.1, 0.15) is 21.8 Å². The molecule has 0 unspecified atom stereocenters. The van der Waals surface area contributed by atoms with E-state index in [1.807, 2.05) is 0 Å². The molecule has 2 heterocycles. The van der Waals surface area contributed by atoms with Crippen molar-refractivity contribution in [3.05, 3.63) is 17.0 Å². The average Bonchev–Trinajstić information content (AvgIpc) is 2.76. The van der Waals surface area contributed by atoms with Crippen molar-refractivity contribution in [1.29, 1.82) is 0 Å². The highest BCUT2D eigenvalue weighted by molar-refractivity contribution is 5.98. The third-order valence-corrected chi connectivity index (χ3v) is 3.13. The van der Waals surface area contributed by atoms with Crippen molar-refractivity contribution >= 4 is 11.8 Å². The molecule has 0 saturated carbocycles. The van der Waals surface area contributed by atoms with Gasteiger partial charge in [0.25, 0.3) is 5.91 Å². The van der Waals surface area contributed by atoms with Crippen LogP contribution in [-0.4, -0.2) is 54.6 Å². The number of hydrogen-bond acceptors (Lipinski definition) is 5. The van der Waals surface area contributed by atoms with Gasteiger partial charge in [-0.2, -0.15) is 0 Å². The van der Waals surface area contributed by atoms with Gasteiger partial charge < -0.3 is 20.1 Å². The van der Waals surface area contributed by atoms with Crippen LogP contribution in [0.3, 0.4) is 0 Å². The highest BCUT2D eigenvalue weighted by Crippen LogP contribution is 2.11. The molecule has 0 aromatic carbocycles. The van der Waals surface area contributed by atoms with Gasteiger partial charge in [0.05, 0.1) is 12.2 Å². The number of carbonyl (C=O) groups is 2. The number of amides is 2. The minimum absolute atomic E-state index is 0.00287.